The normalized spacial score (nSPS) is 24.0. The molecule has 2 unspecified atom stereocenters. The molecule has 3 aromatic rings. The topological polar surface area (TPSA) is 114 Å². The number of hydrogen-bond donors (Lipinski definition) is 2. The highest BCUT2D eigenvalue weighted by molar-refractivity contribution is 5.74. The number of nitrogens with one attached hydrogen (secondary N) is 2. The van der Waals surface area contributed by atoms with Crippen molar-refractivity contribution in [2.75, 3.05) is 13.9 Å². The molecule has 5 rings (SSSR count). The zero-order valence-corrected chi connectivity index (χ0v) is 24.6. The van der Waals surface area contributed by atoms with Gasteiger partial charge in [-0.2, -0.15) is 15.3 Å². The molecule has 0 aliphatic carbocycles. The smallest absolute Gasteiger partial charge is 0.411 e. The summed E-state index contributed by atoms with van der Waals surface area (Å²) in [5.41, 5.74) is 1.62. The predicted molar refractivity (Wildman–Crippen MR) is 151 cm³/mol. The summed E-state index contributed by atoms with van der Waals surface area (Å²) in [6, 6.07) is 6.92. The summed E-state index contributed by atoms with van der Waals surface area (Å²) in [7, 11) is 1.52. The average Bonchev–Trinajstić information content (AvgIpc) is 3.49. The van der Waals surface area contributed by atoms with Crippen LogP contribution < -0.4 is 10.1 Å². The van der Waals surface area contributed by atoms with Crippen LogP contribution in [-0.2, 0) is 16.0 Å². The Balaban J connectivity index is 1.28. The molecule has 1 aromatic carbocycles. The lowest BCUT2D eigenvalue weighted by Gasteiger charge is -2.51. The van der Waals surface area contributed by atoms with Gasteiger partial charge in [0, 0.05) is 53.7 Å². The summed E-state index contributed by atoms with van der Waals surface area (Å²) in [5.74, 6) is 0.00592. The summed E-state index contributed by atoms with van der Waals surface area (Å²) in [5, 5.41) is 19.0. The van der Waals surface area contributed by atoms with E-state index in [0.717, 1.165) is 31.4 Å². The van der Waals surface area contributed by atoms with Crippen molar-refractivity contribution in [1.82, 2.24) is 30.6 Å². The van der Waals surface area contributed by atoms with Crippen molar-refractivity contribution in [1.29, 1.82) is 0 Å². The molecule has 2 fully saturated rings. The van der Waals surface area contributed by atoms with E-state index in [0.29, 0.717) is 34.7 Å². The minimum atomic E-state index is -0.534. The number of piperidine rings is 1. The Morgan fingerprint density at radius 1 is 1.15 bits per heavy atom. The summed E-state index contributed by atoms with van der Waals surface area (Å²) in [6.07, 6.45) is 6.48. The van der Waals surface area contributed by atoms with Crippen LogP contribution in [0.5, 0.6) is 5.75 Å². The Bertz CT molecular complexity index is 1360. The van der Waals surface area contributed by atoms with Crippen LogP contribution in [0.4, 0.5) is 9.18 Å². The van der Waals surface area contributed by atoms with Crippen LogP contribution in [0.2, 0.25) is 0 Å². The maximum atomic E-state index is 15.1. The summed E-state index contributed by atoms with van der Waals surface area (Å²) < 4.78 is 31.7. The first-order valence-electron chi connectivity index (χ1n) is 13.9. The van der Waals surface area contributed by atoms with Gasteiger partial charge in [-0.1, -0.05) is 0 Å². The molecule has 2 saturated heterocycles. The lowest BCUT2D eigenvalue weighted by atomic mass is 9.82. The molecule has 10 nitrogen and oxygen atoms in total. The standard InChI is InChI=1S/C30H39FN6O4/c1-28(2,3)41-27(38)37-29(4)9-10-30(37,5)14-21(13-29)32-17-20-7-8-25(36-35-20)23-11-24(31)22(19-15-33-34-16-19)12-26(23)40-18-39-6/h7-8,11-12,15-16,21,32H,9-10,13-14,17-18H2,1-6H3,(H,33,34). The van der Waals surface area contributed by atoms with Gasteiger partial charge in [0.25, 0.3) is 0 Å². The number of rotatable bonds is 8. The number of carbonyl (C=O) groups is 1. The zero-order chi connectivity index (χ0) is 29.4. The number of aromatic nitrogens is 4. The molecule has 11 heteroatoms. The zero-order valence-electron chi connectivity index (χ0n) is 24.6. The molecule has 0 radical (unpaired) electrons. The lowest BCUT2D eigenvalue weighted by molar-refractivity contribution is -0.0384. The van der Waals surface area contributed by atoms with Crippen LogP contribution in [0.25, 0.3) is 22.4 Å². The maximum absolute atomic E-state index is 15.1. The summed E-state index contributed by atoms with van der Waals surface area (Å²) in [4.78, 5) is 15.1. The highest BCUT2D eigenvalue weighted by atomic mass is 19.1. The Morgan fingerprint density at radius 2 is 1.88 bits per heavy atom. The molecule has 41 heavy (non-hydrogen) atoms. The lowest BCUT2D eigenvalue weighted by Crippen LogP contribution is -2.63. The van der Waals surface area contributed by atoms with Gasteiger partial charge in [0.05, 0.1) is 17.6 Å². The number of fused-ring (bicyclic) bond motifs is 2. The second-order valence-corrected chi connectivity index (χ2v) is 12.6. The molecule has 2 aromatic heterocycles. The number of benzene rings is 1. The number of H-pyrrole nitrogens is 1. The van der Waals surface area contributed by atoms with E-state index in [2.05, 4.69) is 39.6 Å². The van der Waals surface area contributed by atoms with Gasteiger partial charge in [-0.25, -0.2) is 9.18 Å². The Kier molecular flexibility index (Phi) is 7.78. The summed E-state index contributed by atoms with van der Waals surface area (Å²) in [6.45, 7) is 10.5. The molecule has 4 heterocycles. The van der Waals surface area contributed by atoms with E-state index in [-0.39, 0.29) is 30.0 Å². The monoisotopic (exact) mass is 566 g/mol. The van der Waals surface area contributed by atoms with Crippen LogP contribution in [0, 0.1) is 5.82 Å². The molecule has 2 aliphatic heterocycles. The van der Waals surface area contributed by atoms with Crippen LogP contribution >= 0.6 is 0 Å². The van der Waals surface area contributed by atoms with E-state index in [4.69, 9.17) is 14.2 Å². The van der Waals surface area contributed by atoms with Gasteiger partial charge in [0.2, 0.25) is 0 Å². The number of ether oxygens (including phenoxy) is 3. The molecular formula is C30H39FN6O4. The third-order valence-corrected chi connectivity index (χ3v) is 8.01. The third-order valence-electron chi connectivity index (χ3n) is 8.01. The molecule has 0 spiro atoms. The number of carbonyl (C=O) groups excluding carboxylic acids is 1. The fourth-order valence-electron chi connectivity index (χ4n) is 6.29. The van der Waals surface area contributed by atoms with Gasteiger partial charge >= 0.3 is 6.09 Å². The molecule has 2 aliphatic rings. The van der Waals surface area contributed by atoms with Crippen molar-refractivity contribution in [2.45, 2.75) is 89.6 Å². The van der Waals surface area contributed by atoms with E-state index >= 15 is 4.39 Å². The molecule has 2 atom stereocenters. The van der Waals surface area contributed by atoms with E-state index in [1.807, 2.05) is 37.8 Å². The fourth-order valence-corrected chi connectivity index (χ4v) is 6.29. The quantitative estimate of drug-likeness (QED) is 0.346. The van der Waals surface area contributed by atoms with E-state index in [1.165, 1.54) is 13.2 Å². The highest BCUT2D eigenvalue weighted by Crippen LogP contribution is 2.51. The molecule has 2 N–H and O–H groups in total. The van der Waals surface area contributed by atoms with Crippen molar-refractivity contribution < 1.29 is 23.4 Å². The number of nitrogens with zero attached hydrogens (tertiary/aromatic N) is 4. The van der Waals surface area contributed by atoms with Crippen molar-refractivity contribution in [3.8, 4) is 28.1 Å². The molecule has 220 valence electrons. The van der Waals surface area contributed by atoms with E-state index in [9.17, 15) is 4.79 Å². The van der Waals surface area contributed by atoms with Gasteiger partial charge < -0.3 is 19.5 Å². The van der Waals surface area contributed by atoms with Crippen LogP contribution in [0.1, 0.15) is 66.0 Å². The average molecular weight is 567 g/mol. The number of amides is 1. The Morgan fingerprint density at radius 3 is 2.46 bits per heavy atom. The molecule has 2 bridgehead atoms. The van der Waals surface area contributed by atoms with Crippen LogP contribution in [-0.4, -0.2) is 68.0 Å². The van der Waals surface area contributed by atoms with Crippen molar-refractivity contribution >= 4 is 6.09 Å². The van der Waals surface area contributed by atoms with Gasteiger partial charge in [-0.15, -0.1) is 0 Å². The number of hydrogen-bond acceptors (Lipinski definition) is 8. The van der Waals surface area contributed by atoms with Crippen molar-refractivity contribution in [3.05, 3.63) is 48.2 Å². The number of aromatic amines is 1. The largest absolute Gasteiger partial charge is 0.467 e. The molecule has 1 amide bonds. The maximum Gasteiger partial charge on any atom is 0.411 e. The number of methoxy groups -OCH3 is 1. The van der Waals surface area contributed by atoms with Gasteiger partial charge in [-0.3, -0.25) is 10.00 Å². The van der Waals surface area contributed by atoms with Crippen LogP contribution in [0.3, 0.4) is 0 Å². The van der Waals surface area contributed by atoms with Crippen molar-refractivity contribution in [3.63, 3.8) is 0 Å². The van der Waals surface area contributed by atoms with Gasteiger partial charge in [-0.05, 0) is 84.6 Å². The first-order valence-corrected chi connectivity index (χ1v) is 13.9. The summed E-state index contributed by atoms with van der Waals surface area (Å²) >= 11 is 0. The fraction of sp³-hybridized carbons (Fsp3) is 0.533. The second-order valence-electron chi connectivity index (χ2n) is 12.6. The van der Waals surface area contributed by atoms with E-state index in [1.54, 1.807) is 18.5 Å². The Labute approximate surface area is 240 Å². The molecular weight excluding hydrogens is 527 g/mol. The first-order chi connectivity index (χ1) is 19.4. The van der Waals surface area contributed by atoms with Crippen molar-refractivity contribution in [2.24, 2.45) is 0 Å². The van der Waals surface area contributed by atoms with Gasteiger partial charge in [0.15, 0.2) is 6.79 Å². The minimum Gasteiger partial charge on any atom is -0.467 e. The highest BCUT2D eigenvalue weighted by Gasteiger charge is 2.58. The van der Waals surface area contributed by atoms with Gasteiger partial charge in [0.1, 0.15) is 17.2 Å². The first kappa shape index (κ1) is 28.9. The van der Waals surface area contributed by atoms with E-state index < -0.39 is 11.4 Å². The minimum absolute atomic E-state index is 0.00345. The Hall–Kier alpha value is -3.57. The third kappa shape index (κ3) is 6.06. The molecule has 0 saturated carbocycles. The number of halogens is 1. The predicted octanol–water partition coefficient (Wildman–Crippen LogP) is 5.46. The SMILES string of the molecule is COCOc1cc(-c2cn[nH]c2)c(F)cc1-c1ccc(CNC2CC3(C)CCC(C)(C2)N3C(=O)OC(C)(C)C)nn1. The van der Waals surface area contributed by atoms with Crippen LogP contribution in [0.15, 0.2) is 36.7 Å². The second kappa shape index (κ2) is 11.0.